The van der Waals surface area contributed by atoms with E-state index >= 15 is 0 Å². The Bertz CT molecular complexity index is 452. The number of hydrogen-bond donors (Lipinski definition) is 2. The first-order valence-electron chi connectivity index (χ1n) is 6.45. The van der Waals surface area contributed by atoms with Crippen LogP contribution in [0.25, 0.3) is 0 Å². The molecule has 18 heavy (non-hydrogen) atoms. The molecule has 2 N–H and O–H groups in total. The van der Waals surface area contributed by atoms with Crippen LogP contribution in [0, 0.1) is 6.92 Å². The summed E-state index contributed by atoms with van der Waals surface area (Å²) in [5.41, 5.74) is 4.23. The molecule has 0 saturated heterocycles. The van der Waals surface area contributed by atoms with E-state index in [1.54, 1.807) is 0 Å². The number of hydrogen-bond acceptors (Lipinski definition) is 3. The molecular formula is C14H20ClN3. The second-order valence-electron chi connectivity index (χ2n) is 4.92. The van der Waals surface area contributed by atoms with E-state index in [1.807, 2.05) is 0 Å². The molecule has 0 bridgehead atoms. The van der Waals surface area contributed by atoms with E-state index in [0.29, 0.717) is 0 Å². The number of nitrogens with one attached hydrogen (secondary N) is 2. The van der Waals surface area contributed by atoms with Crippen LogP contribution >= 0.6 is 12.4 Å². The number of halogens is 1. The molecule has 0 spiro atoms. The summed E-state index contributed by atoms with van der Waals surface area (Å²) >= 11 is 0. The molecule has 3 nitrogen and oxygen atoms in total. The van der Waals surface area contributed by atoms with Gasteiger partial charge in [-0.15, -0.1) is 12.4 Å². The van der Waals surface area contributed by atoms with Gasteiger partial charge in [-0.1, -0.05) is 12.1 Å². The van der Waals surface area contributed by atoms with Crippen LogP contribution in [0.15, 0.2) is 23.2 Å². The third-order valence-electron chi connectivity index (χ3n) is 3.50. The summed E-state index contributed by atoms with van der Waals surface area (Å²) < 4.78 is 0. The summed E-state index contributed by atoms with van der Waals surface area (Å²) in [4.78, 5) is 4.41. The van der Waals surface area contributed by atoms with Crippen molar-refractivity contribution >= 4 is 23.9 Å². The molecule has 1 heterocycles. The zero-order chi connectivity index (χ0) is 11.7. The monoisotopic (exact) mass is 265 g/mol. The van der Waals surface area contributed by atoms with Crippen molar-refractivity contribution in [3.63, 3.8) is 0 Å². The van der Waals surface area contributed by atoms with Gasteiger partial charge in [0.15, 0.2) is 0 Å². The molecule has 0 radical (unpaired) electrons. The van der Waals surface area contributed by atoms with Crippen molar-refractivity contribution in [1.82, 2.24) is 5.32 Å². The largest absolute Gasteiger partial charge is 0.378 e. The van der Waals surface area contributed by atoms with E-state index in [1.165, 1.54) is 29.7 Å². The molecule has 1 saturated carbocycles. The highest BCUT2D eigenvalue weighted by atomic mass is 35.5. The van der Waals surface area contributed by atoms with E-state index in [0.717, 1.165) is 31.4 Å². The summed E-state index contributed by atoms with van der Waals surface area (Å²) in [5, 5.41) is 6.82. The highest BCUT2D eigenvalue weighted by molar-refractivity contribution is 5.87. The summed E-state index contributed by atoms with van der Waals surface area (Å²) in [6.07, 6.45) is 2.69. The van der Waals surface area contributed by atoms with Gasteiger partial charge in [-0.05, 0) is 42.9 Å². The van der Waals surface area contributed by atoms with Crippen LogP contribution < -0.4 is 10.6 Å². The fraction of sp³-hybridized carbons (Fsp3) is 0.500. The molecule has 1 fully saturated rings. The lowest BCUT2D eigenvalue weighted by Crippen LogP contribution is -2.26. The van der Waals surface area contributed by atoms with Gasteiger partial charge in [-0.25, -0.2) is 0 Å². The Balaban J connectivity index is 0.00000120. The van der Waals surface area contributed by atoms with Gasteiger partial charge in [0.05, 0.1) is 13.1 Å². The van der Waals surface area contributed by atoms with Crippen LogP contribution in [0.3, 0.4) is 0 Å². The Kier molecular flexibility index (Phi) is 4.12. The number of rotatable bonds is 4. The third-order valence-corrected chi connectivity index (χ3v) is 3.50. The van der Waals surface area contributed by atoms with Gasteiger partial charge < -0.3 is 10.6 Å². The molecule has 98 valence electrons. The topological polar surface area (TPSA) is 36.4 Å². The van der Waals surface area contributed by atoms with E-state index in [2.05, 4.69) is 40.7 Å². The average Bonchev–Trinajstić information content (AvgIpc) is 3.03. The normalized spacial score (nSPS) is 17.7. The van der Waals surface area contributed by atoms with Gasteiger partial charge in [0.25, 0.3) is 0 Å². The Morgan fingerprint density at radius 3 is 2.89 bits per heavy atom. The standard InChI is InChI=1S/C14H19N3.ClH/c1-10-3-2-4-12(14(10)11-5-6-11)17-9-13-15-7-8-16-13;/h2-4,11,17H,5-9H2,1H3,(H,15,16);1H. The molecule has 0 unspecified atom stereocenters. The summed E-state index contributed by atoms with van der Waals surface area (Å²) in [7, 11) is 0. The van der Waals surface area contributed by atoms with E-state index < -0.39 is 0 Å². The second kappa shape index (κ2) is 5.61. The minimum atomic E-state index is 0. The Hall–Kier alpha value is -1.22. The van der Waals surface area contributed by atoms with Gasteiger partial charge in [0, 0.05) is 12.2 Å². The zero-order valence-corrected chi connectivity index (χ0v) is 11.5. The van der Waals surface area contributed by atoms with E-state index in [9.17, 15) is 0 Å². The minimum Gasteiger partial charge on any atom is -0.378 e. The quantitative estimate of drug-likeness (QED) is 0.878. The van der Waals surface area contributed by atoms with Gasteiger partial charge in [0.2, 0.25) is 0 Å². The Labute approximate surface area is 114 Å². The maximum Gasteiger partial charge on any atom is 0.116 e. The smallest absolute Gasteiger partial charge is 0.116 e. The Morgan fingerprint density at radius 1 is 1.39 bits per heavy atom. The fourth-order valence-corrected chi connectivity index (χ4v) is 2.49. The number of nitrogens with zero attached hydrogens (tertiary/aromatic N) is 1. The Morgan fingerprint density at radius 2 is 2.22 bits per heavy atom. The SMILES string of the molecule is Cc1cccc(NCC2=NCCN2)c1C1CC1.Cl. The van der Waals surface area contributed by atoms with Crippen molar-refractivity contribution in [3.05, 3.63) is 29.3 Å². The van der Waals surface area contributed by atoms with E-state index in [-0.39, 0.29) is 12.4 Å². The number of anilines is 1. The summed E-state index contributed by atoms with van der Waals surface area (Å²) in [5.74, 6) is 1.88. The first kappa shape index (κ1) is 13.2. The van der Waals surface area contributed by atoms with Crippen LogP contribution in [0.5, 0.6) is 0 Å². The summed E-state index contributed by atoms with van der Waals surface area (Å²) in [6.45, 7) is 4.94. The molecule has 3 rings (SSSR count). The maximum absolute atomic E-state index is 4.41. The van der Waals surface area contributed by atoms with Crippen LogP contribution in [-0.4, -0.2) is 25.5 Å². The maximum atomic E-state index is 4.41. The van der Waals surface area contributed by atoms with Crippen molar-refractivity contribution in [2.75, 3.05) is 25.0 Å². The molecule has 0 aromatic heterocycles. The fourth-order valence-electron chi connectivity index (χ4n) is 2.49. The van der Waals surface area contributed by atoms with Crippen molar-refractivity contribution in [2.24, 2.45) is 4.99 Å². The molecule has 2 aliphatic rings. The molecule has 1 aromatic rings. The van der Waals surface area contributed by atoms with Crippen molar-refractivity contribution < 1.29 is 0 Å². The van der Waals surface area contributed by atoms with E-state index in [4.69, 9.17) is 0 Å². The highest BCUT2D eigenvalue weighted by Crippen LogP contribution is 2.44. The van der Waals surface area contributed by atoms with Gasteiger partial charge in [0.1, 0.15) is 5.84 Å². The van der Waals surface area contributed by atoms with Crippen LogP contribution in [0.4, 0.5) is 5.69 Å². The lowest BCUT2D eigenvalue weighted by molar-refractivity contribution is 0.955. The number of amidine groups is 1. The second-order valence-corrected chi connectivity index (χ2v) is 4.92. The molecule has 1 aliphatic heterocycles. The molecule has 0 atom stereocenters. The lowest BCUT2D eigenvalue weighted by atomic mass is 10.0. The van der Waals surface area contributed by atoms with Gasteiger partial charge >= 0.3 is 0 Å². The molecule has 1 aromatic carbocycles. The predicted octanol–water partition coefficient (Wildman–Crippen LogP) is 2.71. The molecule has 1 aliphatic carbocycles. The van der Waals surface area contributed by atoms with Gasteiger partial charge in [-0.3, -0.25) is 4.99 Å². The molecular weight excluding hydrogens is 246 g/mol. The average molecular weight is 266 g/mol. The summed E-state index contributed by atoms with van der Waals surface area (Å²) in [6, 6.07) is 6.54. The first-order chi connectivity index (χ1) is 8.34. The highest BCUT2D eigenvalue weighted by Gasteiger charge is 2.27. The molecule has 0 amide bonds. The number of benzene rings is 1. The van der Waals surface area contributed by atoms with Crippen LogP contribution in [-0.2, 0) is 0 Å². The van der Waals surface area contributed by atoms with Gasteiger partial charge in [-0.2, -0.15) is 0 Å². The van der Waals surface area contributed by atoms with Crippen molar-refractivity contribution in [2.45, 2.75) is 25.7 Å². The lowest BCUT2D eigenvalue weighted by Gasteiger charge is -2.14. The zero-order valence-electron chi connectivity index (χ0n) is 10.7. The molecule has 4 heteroatoms. The number of aryl methyl sites for hydroxylation is 1. The van der Waals surface area contributed by atoms with Crippen molar-refractivity contribution in [3.8, 4) is 0 Å². The third kappa shape index (κ3) is 2.78. The van der Waals surface area contributed by atoms with Crippen LogP contribution in [0.1, 0.15) is 29.9 Å². The number of aliphatic imine (C=N–C) groups is 1. The first-order valence-corrected chi connectivity index (χ1v) is 6.45. The van der Waals surface area contributed by atoms with Crippen LogP contribution in [0.2, 0.25) is 0 Å². The minimum absolute atomic E-state index is 0. The van der Waals surface area contributed by atoms with Crippen molar-refractivity contribution in [1.29, 1.82) is 0 Å². The predicted molar refractivity (Wildman–Crippen MR) is 79.2 cm³/mol.